The summed E-state index contributed by atoms with van der Waals surface area (Å²) >= 11 is 2.25. The van der Waals surface area contributed by atoms with Gasteiger partial charge in [-0.2, -0.15) is 0 Å². The highest BCUT2D eigenvalue weighted by Crippen LogP contribution is 2.18. The second kappa shape index (κ2) is 9.39. The molecule has 0 aliphatic carbocycles. The van der Waals surface area contributed by atoms with E-state index >= 15 is 0 Å². The van der Waals surface area contributed by atoms with Gasteiger partial charge < -0.3 is 15.4 Å². The molecule has 0 saturated heterocycles. The summed E-state index contributed by atoms with van der Waals surface area (Å²) in [5.74, 6) is 0.691. The molecule has 2 rings (SSSR count). The quantitative estimate of drug-likeness (QED) is 0.484. The van der Waals surface area contributed by atoms with Crippen LogP contribution in [0.5, 0.6) is 5.75 Å². The van der Waals surface area contributed by atoms with Crippen molar-refractivity contribution in [1.29, 1.82) is 0 Å². The summed E-state index contributed by atoms with van der Waals surface area (Å²) in [6.07, 6.45) is 2.12. The summed E-state index contributed by atoms with van der Waals surface area (Å²) in [6.45, 7) is 3.05. The summed E-state index contributed by atoms with van der Waals surface area (Å²) in [7, 11) is 0. The zero-order valence-electron chi connectivity index (χ0n) is 13.1. The van der Waals surface area contributed by atoms with Gasteiger partial charge >= 0.3 is 0 Å². The molecular formula is C18H21IN2O2. The summed E-state index contributed by atoms with van der Waals surface area (Å²) in [6, 6.07) is 15.4. The molecule has 0 saturated carbocycles. The van der Waals surface area contributed by atoms with Crippen molar-refractivity contribution in [3.8, 4) is 5.75 Å². The van der Waals surface area contributed by atoms with E-state index in [0.29, 0.717) is 6.61 Å². The fourth-order valence-electron chi connectivity index (χ4n) is 1.95. The monoisotopic (exact) mass is 424 g/mol. The number of unbranched alkanes of at least 4 members (excludes halogenated alkanes) is 1. The SMILES string of the molecule is CCCCOc1cccc(NC(=O)CNc2ccc(I)cc2)c1. The molecule has 1 amide bonds. The highest BCUT2D eigenvalue weighted by Gasteiger charge is 2.03. The molecule has 2 aromatic carbocycles. The minimum absolute atomic E-state index is 0.0886. The fraction of sp³-hybridized carbons (Fsp3) is 0.278. The maximum atomic E-state index is 12.0. The van der Waals surface area contributed by atoms with Gasteiger partial charge in [-0.3, -0.25) is 4.79 Å². The van der Waals surface area contributed by atoms with Gasteiger partial charge in [-0.15, -0.1) is 0 Å². The standard InChI is InChI=1S/C18H21IN2O2/c1-2-3-11-23-17-6-4-5-16(12-17)21-18(22)13-20-15-9-7-14(19)8-10-15/h4-10,12,20H,2-3,11,13H2,1H3,(H,21,22). The van der Waals surface area contributed by atoms with Crippen molar-refractivity contribution in [2.45, 2.75) is 19.8 Å². The van der Waals surface area contributed by atoms with Crippen molar-refractivity contribution in [2.24, 2.45) is 0 Å². The van der Waals surface area contributed by atoms with Gasteiger partial charge in [-0.25, -0.2) is 0 Å². The molecule has 0 bridgehead atoms. The van der Waals surface area contributed by atoms with E-state index in [0.717, 1.165) is 33.5 Å². The minimum atomic E-state index is -0.0886. The average molecular weight is 424 g/mol. The lowest BCUT2D eigenvalue weighted by Crippen LogP contribution is -2.21. The third-order valence-electron chi connectivity index (χ3n) is 3.18. The van der Waals surface area contributed by atoms with Gasteiger partial charge in [-0.1, -0.05) is 19.4 Å². The number of carbonyl (C=O) groups is 1. The van der Waals surface area contributed by atoms with Crippen molar-refractivity contribution in [1.82, 2.24) is 0 Å². The first-order valence-corrected chi connectivity index (χ1v) is 8.77. The summed E-state index contributed by atoms with van der Waals surface area (Å²) in [4.78, 5) is 12.0. The third-order valence-corrected chi connectivity index (χ3v) is 3.90. The van der Waals surface area contributed by atoms with Crippen molar-refractivity contribution in [2.75, 3.05) is 23.8 Å². The van der Waals surface area contributed by atoms with Crippen LogP contribution in [0.1, 0.15) is 19.8 Å². The van der Waals surface area contributed by atoms with Gasteiger partial charge in [0.2, 0.25) is 5.91 Å². The van der Waals surface area contributed by atoms with E-state index in [-0.39, 0.29) is 12.5 Å². The normalized spacial score (nSPS) is 10.2. The second-order valence-electron chi connectivity index (χ2n) is 5.14. The number of hydrogen-bond donors (Lipinski definition) is 2. The number of hydrogen-bond acceptors (Lipinski definition) is 3. The van der Waals surface area contributed by atoms with E-state index in [9.17, 15) is 4.79 Å². The molecule has 0 radical (unpaired) electrons. The van der Waals surface area contributed by atoms with Gasteiger partial charge in [0.05, 0.1) is 13.2 Å². The molecule has 0 aromatic heterocycles. The van der Waals surface area contributed by atoms with Gasteiger partial charge in [0.25, 0.3) is 0 Å². The Morgan fingerprint density at radius 3 is 2.65 bits per heavy atom. The Balaban J connectivity index is 1.82. The van der Waals surface area contributed by atoms with Gasteiger partial charge in [-0.05, 0) is 65.4 Å². The van der Waals surface area contributed by atoms with Gasteiger partial charge in [0.15, 0.2) is 0 Å². The van der Waals surface area contributed by atoms with Crippen LogP contribution >= 0.6 is 22.6 Å². The summed E-state index contributed by atoms with van der Waals surface area (Å²) in [5, 5.41) is 5.97. The van der Waals surface area contributed by atoms with Crippen LogP contribution in [0.4, 0.5) is 11.4 Å². The number of halogens is 1. The first-order chi connectivity index (χ1) is 11.2. The Morgan fingerprint density at radius 1 is 1.13 bits per heavy atom. The zero-order valence-corrected chi connectivity index (χ0v) is 15.3. The number of amides is 1. The van der Waals surface area contributed by atoms with Crippen molar-refractivity contribution in [3.63, 3.8) is 0 Å². The lowest BCUT2D eigenvalue weighted by molar-refractivity contribution is -0.114. The highest BCUT2D eigenvalue weighted by molar-refractivity contribution is 14.1. The fourth-order valence-corrected chi connectivity index (χ4v) is 2.31. The van der Waals surface area contributed by atoms with Crippen molar-refractivity contribution < 1.29 is 9.53 Å². The molecule has 5 heteroatoms. The van der Waals surface area contributed by atoms with Crippen LogP contribution in [0.25, 0.3) is 0 Å². The van der Waals surface area contributed by atoms with Crippen LogP contribution in [0.2, 0.25) is 0 Å². The van der Waals surface area contributed by atoms with Crippen LogP contribution in [-0.4, -0.2) is 19.1 Å². The molecule has 0 unspecified atom stereocenters. The van der Waals surface area contributed by atoms with Crippen LogP contribution < -0.4 is 15.4 Å². The molecule has 0 atom stereocenters. The van der Waals surface area contributed by atoms with Crippen LogP contribution in [0.3, 0.4) is 0 Å². The van der Waals surface area contributed by atoms with E-state index in [4.69, 9.17) is 4.74 Å². The largest absolute Gasteiger partial charge is 0.494 e. The number of nitrogens with one attached hydrogen (secondary N) is 2. The Kier molecular flexibility index (Phi) is 7.19. The number of rotatable bonds is 8. The predicted octanol–water partition coefficient (Wildman–Crippen LogP) is 4.52. The van der Waals surface area contributed by atoms with Crippen LogP contribution in [0.15, 0.2) is 48.5 Å². The first kappa shape index (κ1) is 17.6. The lowest BCUT2D eigenvalue weighted by Gasteiger charge is -2.10. The van der Waals surface area contributed by atoms with Crippen molar-refractivity contribution in [3.05, 3.63) is 52.1 Å². The smallest absolute Gasteiger partial charge is 0.243 e. The van der Waals surface area contributed by atoms with E-state index in [1.165, 1.54) is 0 Å². The number of benzene rings is 2. The molecule has 0 heterocycles. The Hall–Kier alpha value is -1.76. The Bertz CT molecular complexity index is 629. The predicted molar refractivity (Wildman–Crippen MR) is 103 cm³/mol. The molecule has 122 valence electrons. The Morgan fingerprint density at radius 2 is 1.91 bits per heavy atom. The Labute approximate surface area is 150 Å². The molecule has 23 heavy (non-hydrogen) atoms. The molecular weight excluding hydrogens is 403 g/mol. The summed E-state index contributed by atoms with van der Waals surface area (Å²) < 4.78 is 6.81. The molecule has 0 aliphatic rings. The molecule has 2 N–H and O–H groups in total. The topological polar surface area (TPSA) is 50.4 Å². The lowest BCUT2D eigenvalue weighted by atomic mass is 10.3. The maximum Gasteiger partial charge on any atom is 0.243 e. The maximum absolute atomic E-state index is 12.0. The molecule has 2 aromatic rings. The molecule has 0 spiro atoms. The highest BCUT2D eigenvalue weighted by atomic mass is 127. The van der Waals surface area contributed by atoms with Gasteiger partial charge in [0, 0.05) is 21.0 Å². The molecule has 0 fully saturated rings. The molecule has 4 nitrogen and oxygen atoms in total. The number of anilines is 2. The summed E-state index contributed by atoms with van der Waals surface area (Å²) in [5.41, 5.74) is 1.67. The van der Waals surface area contributed by atoms with Crippen LogP contribution in [0, 0.1) is 3.57 Å². The van der Waals surface area contributed by atoms with E-state index in [1.54, 1.807) is 0 Å². The first-order valence-electron chi connectivity index (χ1n) is 7.69. The second-order valence-corrected chi connectivity index (χ2v) is 6.38. The third kappa shape index (κ3) is 6.48. The van der Waals surface area contributed by atoms with E-state index in [1.807, 2.05) is 48.5 Å². The molecule has 0 aliphatic heterocycles. The van der Waals surface area contributed by atoms with E-state index in [2.05, 4.69) is 40.1 Å². The minimum Gasteiger partial charge on any atom is -0.494 e. The number of carbonyl (C=O) groups excluding carboxylic acids is 1. The number of ether oxygens (including phenoxy) is 1. The van der Waals surface area contributed by atoms with Crippen LogP contribution in [-0.2, 0) is 4.79 Å². The van der Waals surface area contributed by atoms with Gasteiger partial charge in [0.1, 0.15) is 5.75 Å². The van der Waals surface area contributed by atoms with E-state index < -0.39 is 0 Å². The zero-order chi connectivity index (χ0) is 16.5. The van der Waals surface area contributed by atoms with Crippen molar-refractivity contribution >= 4 is 39.9 Å². The average Bonchev–Trinajstić information content (AvgIpc) is 2.55.